The molecule has 0 aliphatic carbocycles. The third-order valence-corrected chi connectivity index (χ3v) is 8.96. The molecule has 0 spiro atoms. The van der Waals surface area contributed by atoms with Gasteiger partial charge in [0.2, 0.25) is 5.91 Å². The Morgan fingerprint density at radius 3 is 2.22 bits per heavy atom. The number of ether oxygens (including phenoxy) is 1. The lowest BCUT2D eigenvalue weighted by molar-refractivity contribution is -0.118. The molecule has 1 aliphatic rings. The highest BCUT2D eigenvalue weighted by Crippen LogP contribution is 2.29. The van der Waals surface area contributed by atoms with E-state index >= 15 is 0 Å². The lowest BCUT2D eigenvalue weighted by atomic mass is 10.1. The van der Waals surface area contributed by atoms with Gasteiger partial charge in [-0.05, 0) is 53.6 Å². The highest BCUT2D eigenvalue weighted by atomic mass is 35.5. The standard InChI is InChI=1S/C35H51ClN2O2S/c1-4-6-7-8-9-10-11-12-13-14-15-16-22-40-34-24-31(20-21-33(34)36)27-38(35(39)5-2)32-19-17-18-30(23-32)26-37-25-29(3)41-28-37/h17-21,23-25H,4-16,22,26-28H2,1-3H3. The van der Waals surface area contributed by atoms with Gasteiger partial charge in [-0.3, -0.25) is 4.79 Å². The fourth-order valence-corrected chi connectivity index (χ4v) is 6.17. The average Bonchev–Trinajstić information content (AvgIpc) is 3.39. The molecule has 0 atom stereocenters. The van der Waals surface area contributed by atoms with Crippen LogP contribution in [0, 0.1) is 0 Å². The Morgan fingerprint density at radius 2 is 1.59 bits per heavy atom. The molecule has 1 heterocycles. The summed E-state index contributed by atoms with van der Waals surface area (Å²) in [5, 5.41) is 0.620. The van der Waals surface area contributed by atoms with Crippen LogP contribution in [0.3, 0.4) is 0 Å². The number of amides is 1. The molecule has 0 aromatic heterocycles. The Hall–Kier alpha value is -2.11. The monoisotopic (exact) mass is 598 g/mol. The number of hydrogen-bond donors (Lipinski definition) is 0. The second-order valence-corrected chi connectivity index (χ2v) is 12.9. The van der Waals surface area contributed by atoms with E-state index in [0.29, 0.717) is 30.3 Å². The van der Waals surface area contributed by atoms with Gasteiger partial charge in [-0.15, -0.1) is 11.8 Å². The van der Waals surface area contributed by atoms with Gasteiger partial charge < -0.3 is 14.5 Å². The van der Waals surface area contributed by atoms with Crippen molar-refractivity contribution in [3.05, 3.63) is 69.7 Å². The van der Waals surface area contributed by atoms with Crippen LogP contribution in [-0.2, 0) is 17.9 Å². The smallest absolute Gasteiger partial charge is 0.227 e. The van der Waals surface area contributed by atoms with Crippen LogP contribution in [0.25, 0.3) is 0 Å². The molecule has 0 bridgehead atoms. The summed E-state index contributed by atoms with van der Waals surface area (Å²) >= 11 is 8.35. The summed E-state index contributed by atoms with van der Waals surface area (Å²) in [6.45, 7) is 8.33. The maximum absolute atomic E-state index is 13.0. The maximum Gasteiger partial charge on any atom is 0.227 e. The molecule has 0 saturated carbocycles. The predicted molar refractivity (Wildman–Crippen MR) is 178 cm³/mol. The molecule has 4 nitrogen and oxygen atoms in total. The normalized spacial score (nSPS) is 13.0. The molecule has 2 aromatic carbocycles. The van der Waals surface area contributed by atoms with Gasteiger partial charge in [-0.25, -0.2) is 0 Å². The number of anilines is 1. The van der Waals surface area contributed by atoms with Crippen LogP contribution in [0.2, 0.25) is 5.02 Å². The minimum Gasteiger partial charge on any atom is -0.492 e. The average molecular weight is 599 g/mol. The van der Waals surface area contributed by atoms with E-state index < -0.39 is 0 Å². The summed E-state index contributed by atoms with van der Waals surface area (Å²) < 4.78 is 6.10. The number of halogens is 1. The first-order chi connectivity index (χ1) is 20.0. The quantitative estimate of drug-likeness (QED) is 0.142. The second-order valence-electron chi connectivity index (χ2n) is 11.3. The van der Waals surface area contributed by atoms with E-state index in [0.717, 1.165) is 30.1 Å². The number of rotatable bonds is 20. The van der Waals surface area contributed by atoms with Crippen molar-refractivity contribution in [2.45, 2.75) is 117 Å². The minimum atomic E-state index is 0.100. The van der Waals surface area contributed by atoms with Crippen LogP contribution in [0.1, 0.15) is 115 Å². The first-order valence-electron chi connectivity index (χ1n) is 15.9. The van der Waals surface area contributed by atoms with Crippen molar-refractivity contribution in [2.75, 3.05) is 17.4 Å². The zero-order valence-corrected chi connectivity index (χ0v) is 27.2. The number of unbranched alkanes of at least 4 members (excludes halogenated alkanes) is 11. The Labute approximate surface area is 258 Å². The van der Waals surface area contributed by atoms with Crippen LogP contribution in [-0.4, -0.2) is 23.3 Å². The van der Waals surface area contributed by atoms with Crippen molar-refractivity contribution in [3.63, 3.8) is 0 Å². The molecule has 0 radical (unpaired) electrons. The van der Waals surface area contributed by atoms with Gasteiger partial charge in [0.15, 0.2) is 0 Å². The fourth-order valence-electron chi connectivity index (χ4n) is 5.24. The Morgan fingerprint density at radius 1 is 0.902 bits per heavy atom. The number of carbonyl (C=O) groups is 1. The van der Waals surface area contributed by atoms with Gasteiger partial charge in [-0.1, -0.05) is 114 Å². The molecular formula is C35H51ClN2O2S. The van der Waals surface area contributed by atoms with Crippen LogP contribution in [0.4, 0.5) is 5.69 Å². The van der Waals surface area contributed by atoms with Gasteiger partial charge in [-0.2, -0.15) is 0 Å². The summed E-state index contributed by atoms with van der Waals surface area (Å²) in [5.41, 5.74) is 3.14. The lowest BCUT2D eigenvalue weighted by Gasteiger charge is -2.24. The molecule has 226 valence electrons. The molecule has 0 unspecified atom stereocenters. The largest absolute Gasteiger partial charge is 0.492 e. The van der Waals surface area contributed by atoms with Crippen LogP contribution < -0.4 is 9.64 Å². The highest BCUT2D eigenvalue weighted by Gasteiger charge is 2.17. The van der Waals surface area contributed by atoms with E-state index in [1.165, 1.54) is 81.1 Å². The fraction of sp³-hybridized carbons (Fsp3) is 0.571. The third-order valence-electron chi connectivity index (χ3n) is 7.63. The number of thioether (sulfide) groups is 1. The molecule has 6 heteroatoms. The van der Waals surface area contributed by atoms with E-state index in [9.17, 15) is 4.79 Å². The summed E-state index contributed by atoms with van der Waals surface area (Å²) in [6, 6.07) is 14.2. The van der Waals surface area contributed by atoms with Crippen molar-refractivity contribution < 1.29 is 9.53 Å². The Balaban J connectivity index is 1.45. The highest BCUT2D eigenvalue weighted by molar-refractivity contribution is 8.03. The summed E-state index contributed by atoms with van der Waals surface area (Å²) in [6.07, 6.45) is 18.5. The molecule has 3 rings (SSSR count). The number of benzene rings is 2. The van der Waals surface area contributed by atoms with Crippen molar-refractivity contribution in [1.82, 2.24) is 4.90 Å². The topological polar surface area (TPSA) is 32.8 Å². The van der Waals surface area contributed by atoms with Gasteiger partial charge in [0, 0.05) is 24.9 Å². The van der Waals surface area contributed by atoms with E-state index in [1.54, 1.807) is 0 Å². The summed E-state index contributed by atoms with van der Waals surface area (Å²) in [5.74, 6) is 1.78. The van der Waals surface area contributed by atoms with Crippen molar-refractivity contribution in [1.29, 1.82) is 0 Å². The SMILES string of the molecule is CCCCCCCCCCCCCCOc1cc(CN(C(=O)CC)c2cccc(CN3C=C(C)SC3)c2)ccc1Cl. The second kappa shape index (κ2) is 19.2. The zero-order valence-electron chi connectivity index (χ0n) is 25.6. The number of nitrogens with zero attached hydrogens (tertiary/aromatic N) is 2. The summed E-state index contributed by atoms with van der Waals surface area (Å²) in [7, 11) is 0. The van der Waals surface area contributed by atoms with Crippen molar-refractivity contribution in [3.8, 4) is 5.75 Å². The molecular weight excluding hydrogens is 548 g/mol. The van der Waals surface area contributed by atoms with E-state index in [4.69, 9.17) is 16.3 Å². The summed E-state index contributed by atoms with van der Waals surface area (Å²) in [4.78, 5) is 18.5. The van der Waals surface area contributed by atoms with Crippen molar-refractivity contribution in [2.24, 2.45) is 0 Å². The molecule has 2 aromatic rings. The lowest BCUT2D eigenvalue weighted by Crippen LogP contribution is -2.29. The third kappa shape index (κ3) is 12.3. The van der Waals surface area contributed by atoms with Gasteiger partial charge in [0.05, 0.1) is 24.1 Å². The molecule has 1 amide bonds. The van der Waals surface area contributed by atoms with Crippen LogP contribution in [0.5, 0.6) is 5.75 Å². The molecule has 41 heavy (non-hydrogen) atoms. The molecule has 1 aliphatic heterocycles. The maximum atomic E-state index is 13.0. The van der Waals surface area contributed by atoms with Gasteiger partial charge in [0.25, 0.3) is 0 Å². The number of carbonyl (C=O) groups excluding carboxylic acids is 1. The Kier molecular flexibility index (Phi) is 15.6. The zero-order chi connectivity index (χ0) is 29.3. The minimum absolute atomic E-state index is 0.100. The first-order valence-corrected chi connectivity index (χ1v) is 17.2. The number of hydrogen-bond acceptors (Lipinski definition) is 4. The van der Waals surface area contributed by atoms with Gasteiger partial charge >= 0.3 is 0 Å². The van der Waals surface area contributed by atoms with Crippen LogP contribution in [0.15, 0.2) is 53.6 Å². The van der Waals surface area contributed by atoms with Gasteiger partial charge in [0.1, 0.15) is 5.75 Å². The van der Waals surface area contributed by atoms with Crippen LogP contribution >= 0.6 is 23.4 Å². The number of allylic oxidation sites excluding steroid dienone is 1. The molecule has 0 saturated heterocycles. The molecule has 0 fully saturated rings. The van der Waals surface area contributed by atoms with Crippen molar-refractivity contribution >= 4 is 35.0 Å². The first kappa shape index (κ1) is 33.4. The molecule has 0 N–H and O–H groups in total. The predicted octanol–water partition coefficient (Wildman–Crippen LogP) is 10.7. The van der Waals surface area contributed by atoms with E-state index in [1.807, 2.05) is 53.9 Å². The Bertz CT molecular complexity index is 1090. The van der Waals surface area contributed by atoms with E-state index in [2.05, 4.69) is 37.1 Å². The van der Waals surface area contributed by atoms with E-state index in [-0.39, 0.29) is 5.91 Å².